The molecule has 0 aliphatic carbocycles. The standard InChI is InChI=1S/C27H26N4O2S/c1-33-22-10-6-7-19(15-22)16-28-25(32)18-34-26-23-11-4-5-12-24(23)29-27(30-26)31-14-13-20-8-2-3-9-21(20)17-31/h2-12,15H,13-14,16-18H2,1H3,(H,28,32). The molecule has 0 atom stereocenters. The first-order valence-corrected chi connectivity index (χ1v) is 12.3. The van der Waals surface area contributed by atoms with Gasteiger partial charge in [-0.05, 0) is 41.3 Å². The lowest BCUT2D eigenvalue weighted by molar-refractivity contribution is -0.118. The molecule has 2 heterocycles. The molecule has 0 saturated carbocycles. The number of nitrogens with one attached hydrogen (secondary N) is 1. The van der Waals surface area contributed by atoms with Gasteiger partial charge in [0, 0.05) is 25.0 Å². The van der Waals surface area contributed by atoms with Crippen LogP contribution in [-0.4, -0.2) is 35.3 Å². The third-order valence-corrected chi connectivity index (χ3v) is 6.92. The molecule has 1 aromatic heterocycles. The number of anilines is 1. The van der Waals surface area contributed by atoms with E-state index in [0.717, 1.165) is 46.8 Å². The van der Waals surface area contributed by atoms with Crippen LogP contribution in [0.15, 0.2) is 77.8 Å². The molecule has 4 aromatic rings. The van der Waals surface area contributed by atoms with E-state index in [-0.39, 0.29) is 11.7 Å². The predicted octanol–water partition coefficient (Wildman–Crippen LogP) is 4.61. The maximum Gasteiger partial charge on any atom is 0.230 e. The Morgan fingerprint density at radius 3 is 2.74 bits per heavy atom. The van der Waals surface area contributed by atoms with Crippen molar-refractivity contribution in [2.45, 2.75) is 24.5 Å². The van der Waals surface area contributed by atoms with Gasteiger partial charge in [-0.2, -0.15) is 0 Å². The van der Waals surface area contributed by atoms with Gasteiger partial charge in [0.15, 0.2) is 0 Å². The summed E-state index contributed by atoms with van der Waals surface area (Å²) in [5, 5.41) is 4.78. The molecule has 1 amide bonds. The minimum absolute atomic E-state index is 0.0380. The summed E-state index contributed by atoms with van der Waals surface area (Å²) < 4.78 is 5.25. The van der Waals surface area contributed by atoms with E-state index >= 15 is 0 Å². The maximum absolute atomic E-state index is 12.6. The predicted molar refractivity (Wildman–Crippen MR) is 136 cm³/mol. The van der Waals surface area contributed by atoms with Crippen LogP contribution in [0, 0.1) is 0 Å². The Balaban J connectivity index is 1.30. The van der Waals surface area contributed by atoms with Crippen LogP contribution in [0.25, 0.3) is 10.9 Å². The Hall–Kier alpha value is -3.58. The summed E-state index contributed by atoms with van der Waals surface area (Å²) in [6, 6.07) is 24.2. The van der Waals surface area contributed by atoms with E-state index in [4.69, 9.17) is 14.7 Å². The zero-order valence-electron chi connectivity index (χ0n) is 19.0. The molecule has 0 bridgehead atoms. The first-order valence-electron chi connectivity index (χ1n) is 11.3. The number of methoxy groups -OCH3 is 1. The number of fused-ring (bicyclic) bond motifs is 2. The van der Waals surface area contributed by atoms with Crippen molar-refractivity contribution in [2.75, 3.05) is 24.3 Å². The molecule has 0 radical (unpaired) electrons. The number of hydrogen-bond donors (Lipinski definition) is 1. The Bertz CT molecular complexity index is 1330. The quantitative estimate of drug-likeness (QED) is 0.314. The molecule has 0 saturated heterocycles. The summed E-state index contributed by atoms with van der Waals surface area (Å²) in [7, 11) is 1.64. The molecule has 3 aromatic carbocycles. The van der Waals surface area contributed by atoms with E-state index in [2.05, 4.69) is 34.5 Å². The van der Waals surface area contributed by atoms with Gasteiger partial charge in [-0.1, -0.05) is 66.4 Å². The lowest BCUT2D eigenvalue weighted by Gasteiger charge is -2.29. The minimum Gasteiger partial charge on any atom is -0.497 e. The van der Waals surface area contributed by atoms with Gasteiger partial charge in [0.1, 0.15) is 10.8 Å². The van der Waals surface area contributed by atoms with Gasteiger partial charge in [-0.3, -0.25) is 4.79 Å². The van der Waals surface area contributed by atoms with Gasteiger partial charge in [0.2, 0.25) is 11.9 Å². The van der Waals surface area contributed by atoms with Gasteiger partial charge in [-0.15, -0.1) is 0 Å². The number of carbonyl (C=O) groups is 1. The molecule has 0 unspecified atom stereocenters. The molecule has 34 heavy (non-hydrogen) atoms. The van der Waals surface area contributed by atoms with Crippen LogP contribution in [0.5, 0.6) is 5.75 Å². The number of para-hydroxylation sites is 1. The Labute approximate surface area is 203 Å². The lowest BCUT2D eigenvalue weighted by Crippen LogP contribution is -2.31. The molecule has 6 nitrogen and oxygen atoms in total. The second-order valence-electron chi connectivity index (χ2n) is 8.20. The molecular weight excluding hydrogens is 444 g/mol. The molecule has 1 N–H and O–H groups in total. The van der Waals surface area contributed by atoms with Crippen LogP contribution >= 0.6 is 11.8 Å². The SMILES string of the molecule is COc1cccc(CNC(=O)CSc2nc(N3CCc4ccccc4C3)nc3ccccc23)c1. The number of carbonyl (C=O) groups excluding carboxylic acids is 1. The van der Waals surface area contributed by atoms with E-state index in [1.54, 1.807) is 7.11 Å². The molecule has 0 fully saturated rings. The number of aromatic nitrogens is 2. The first-order chi connectivity index (χ1) is 16.7. The summed E-state index contributed by atoms with van der Waals surface area (Å²) in [5.74, 6) is 1.74. The second-order valence-corrected chi connectivity index (χ2v) is 9.17. The highest BCUT2D eigenvalue weighted by Gasteiger charge is 2.20. The van der Waals surface area contributed by atoms with Crippen LogP contribution in [0.4, 0.5) is 5.95 Å². The number of hydrogen-bond acceptors (Lipinski definition) is 6. The van der Waals surface area contributed by atoms with Gasteiger partial charge in [-0.25, -0.2) is 9.97 Å². The van der Waals surface area contributed by atoms with Crippen molar-refractivity contribution < 1.29 is 9.53 Å². The van der Waals surface area contributed by atoms with Crippen LogP contribution < -0.4 is 15.0 Å². The zero-order chi connectivity index (χ0) is 23.3. The van der Waals surface area contributed by atoms with Crippen molar-refractivity contribution in [1.82, 2.24) is 15.3 Å². The number of nitrogens with zero attached hydrogens (tertiary/aromatic N) is 3. The van der Waals surface area contributed by atoms with Crippen molar-refractivity contribution in [3.8, 4) is 5.75 Å². The summed E-state index contributed by atoms with van der Waals surface area (Å²) in [6.45, 7) is 2.12. The van der Waals surface area contributed by atoms with Crippen LogP contribution in [-0.2, 0) is 24.3 Å². The fourth-order valence-electron chi connectivity index (χ4n) is 4.12. The number of ether oxygens (including phenoxy) is 1. The molecule has 0 spiro atoms. The van der Waals surface area contributed by atoms with E-state index in [1.807, 2.05) is 48.5 Å². The third-order valence-electron chi connectivity index (χ3n) is 5.93. The Kier molecular flexibility index (Phi) is 6.62. The number of rotatable bonds is 7. The molecule has 172 valence electrons. The normalized spacial score (nSPS) is 12.9. The molecule has 1 aliphatic rings. The molecule has 7 heteroatoms. The van der Waals surface area contributed by atoms with Gasteiger partial charge >= 0.3 is 0 Å². The Morgan fingerprint density at radius 1 is 1.03 bits per heavy atom. The molecule has 5 rings (SSSR count). The monoisotopic (exact) mass is 470 g/mol. The summed E-state index contributed by atoms with van der Waals surface area (Å²) in [5.41, 5.74) is 4.60. The zero-order valence-corrected chi connectivity index (χ0v) is 19.8. The maximum atomic E-state index is 12.6. The van der Waals surface area contributed by atoms with Crippen LogP contribution in [0.1, 0.15) is 16.7 Å². The number of benzene rings is 3. The van der Waals surface area contributed by atoms with Crippen molar-refractivity contribution >= 4 is 34.5 Å². The van der Waals surface area contributed by atoms with Crippen molar-refractivity contribution in [1.29, 1.82) is 0 Å². The third kappa shape index (κ3) is 4.99. The summed E-state index contributed by atoms with van der Waals surface area (Å²) >= 11 is 1.45. The van der Waals surface area contributed by atoms with Crippen LogP contribution in [0.3, 0.4) is 0 Å². The Morgan fingerprint density at radius 2 is 1.85 bits per heavy atom. The first kappa shape index (κ1) is 22.2. The smallest absolute Gasteiger partial charge is 0.230 e. The van der Waals surface area contributed by atoms with Gasteiger partial charge in [0.25, 0.3) is 0 Å². The fraction of sp³-hybridized carbons (Fsp3) is 0.222. The van der Waals surface area contributed by atoms with E-state index in [1.165, 1.54) is 22.9 Å². The molecule has 1 aliphatic heterocycles. The second kappa shape index (κ2) is 10.1. The number of thioether (sulfide) groups is 1. The van der Waals surface area contributed by atoms with Crippen molar-refractivity contribution in [2.24, 2.45) is 0 Å². The largest absolute Gasteiger partial charge is 0.497 e. The summed E-state index contributed by atoms with van der Waals surface area (Å²) in [6.07, 6.45) is 0.974. The van der Waals surface area contributed by atoms with E-state index in [9.17, 15) is 4.79 Å². The van der Waals surface area contributed by atoms with Crippen LogP contribution in [0.2, 0.25) is 0 Å². The average molecular weight is 471 g/mol. The topological polar surface area (TPSA) is 67.3 Å². The highest BCUT2D eigenvalue weighted by atomic mass is 32.2. The summed E-state index contributed by atoms with van der Waals surface area (Å²) in [4.78, 5) is 24.5. The molecular formula is C27H26N4O2S. The van der Waals surface area contributed by atoms with Crippen molar-refractivity contribution in [3.05, 3.63) is 89.5 Å². The van der Waals surface area contributed by atoms with E-state index < -0.39 is 0 Å². The highest BCUT2D eigenvalue weighted by Crippen LogP contribution is 2.29. The average Bonchev–Trinajstić information content (AvgIpc) is 2.90. The lowest BCUT2D eigenvalue weighted by atomic mass is 10.0. The number of amides is 1. The highest BCUT2D eigenvalue weighted by molar-refractivity contribution is 8.00. The van der Waals surface area contributed by atoms with Gasteiger partial charge in [0.05, 0.1) is 18.4 Å². The van der Waals surface area contributed by atoms with Gasteiger partial charge < -0.3 is 15.0 Å². The fourth-order valence-corrected chi connectivity index (χ4v) is 4.97. The minimum atomic E-state index is -0.0380. The van der Waals surface area contributed by atoms with Crippen molar-refractivity contribution in [3.63, 3.8) is 0 Å². The van der Waals surface area contributed by atoms with E-state index in [0.29, 0.717) is 12.5 Å².